The minimum Gasteiger partial charge on any atom is -0.411 e. The minimum absolute atomic E-state index is 0.158. The molecule has 3 rings (SSSR count). The van der Waals surface area contributed by atoms with Gasteiger partial charge < -0.3 is 9.73 Å². The number of aromatic nitrogens is 2. The molecule has 1 heterocycles. The summed E-state index contributed by atoms with van der Waals surface area (Å²) in [6.45, 7) is 2.37. The first-order chi connectivity index (χ1) is 13.6. The van der Waals surface area contributed by atoms with Crippen molar-refractivity contribution >= 4 is 23.7 Å². The van der Waals surface area contributed by atoms with Crippen molar-refractivity contribution in [2.45, 2.75) is 25.1 Å². The van der Waals surface area contributed by atoms with Crippen LogP contribution in [0.25, 0.3) is 11.5 Å². The van der Waals surface area contributed by atoms with Crippen LogP contribution in [0.3, 0.4) is 0 Å². The van der Waals surface area contributed by atoms with Gasteiger partial charge in [0.2, 0.25) is 11.8 Å². The van der Waals surface area contributed by atoms with Gasteiger partial charge >= 0.3 is 6.03 Å². The van der Waals surface area contributed by atoms with Crippen LogP contribution < -0.4 is 10.6 Å². The summed E-state index contributed by atoms with van der Waals surface area (Å²) in [5, 5.41) is 13.3. The Morgan fingerprint density at radius 2 is 1.79 bits per heavy atom. The van der Waals surface area contributed by atoms with E-state index in [1.807, 2.05) is 61.5 Å². The van der Waals surface area contributed by atoms with Crippen molar-refractivity contribution in [2.75, 3.05) is 5.75 Å². The van der Waals surface area contributed by atoms with Crippen LogP contribution in [-0.2, 0) is 11.3 Å². The Hall–Kier alpha value is -3.13. The number of aryl methyl sites for hydroxylation is 1. The smallest absolute Gasteiger partial charge is 0.321 e. The number of urea groups is 1. The second-order valence-electron chi connectivity index (χ2n) is 6.05. The molecule has 28 heavy (non-hydrogen) atoms. The third kappa shape index (κ3) is 5.95. The molecular formula is C20H20N4O3S. The minimum atomic E-state index is -0.515. The van der Waals surface area contributed by atoms with Gasteiger partial charge in [-0.3, -0.25) is 10.1 Å². The quantitative estimate of drug-likeness (QED) is 0.593. The van der Waals surface area contributed by atoms with Gasteiger partial charge in [-0.25, -0.2) is 4.79 Å². The Bertz CT molecular complexity index is 926. The van der Waals surface area contributed by atoms with Crippen LogP contribution in [0, 0.1) is 6.92 Å². The summed E-state index contributed by atoms with van der Waals surface area (Å²) in [5.41, 5.74) is 2.95. The molecule has 0 spiro atoms. The zero-order chi connectivity index (χ0) is 19.8. The van der Waals surface area contributed by atoms with E-state index in [9.17, 15) is 9.59 Å². The van der Waals surface area contributed by atoms with Crippen molar-refractivity contribution in [3.63, 3.8) is 0 Å². The van der Waals surface area contributed by atoms with Gasteiger partial charge in [0, 0.05) is 24.3 Å². The van der Waals surface area contributed by atoms with Crippen molar-refractivity contribution in [1.82, 2.24) is 20.8 Å². The number of carbonyl (C=O) groups is 2. The van der Waals surface area contributed by atoms with E-state index in [0.29, 0.717) is 23.4 Å². The SMILES string of the molecule is Cc1ccc(-c2nnc(SCCC(=O)NC(=O)NCc3ccccc3)o2)cc1. The molecule has 0 saturated heterocycles. The number of rotatable bonds is 7. The molecule has 0 aliphatic rings. The van der Waals surface area contributed by atoms with Gasteiger partial charge in [0.15, 0.2) is 0 Å². The molecule has 0 aliphatic heterocycles. The van der Waals surface area contributed by atoms with Gasteiger partial charge in [-0.2, -0.15) is 0 Å². The van der Waals surface area contributed by atoms with Crippen LogP contribution in [0.1, 0.15) is 17.5 Å². The standard InChI is InChI=1S/C20H20N4O3S/c1-14-7-9-16(10-8-14)18-23-24-20(27-18)28-12-11-17(25)22-19(26)21-13-15-5-3-2-4-6-15/h2-10H,11-13H2,1H3,(H2,21,22,25,26). The Balaban J connectivity index is 1.38. The molecule has 0 atom stereocenters. The summed E-state index contributed by atoms with van der Waals surface area (Å²) >= 11 is 1.27. The number of amides is 3. The molecule has 0 bridgehead atoms. The highest BCUT2D eigenvalue weighted by atomic mass is 32.2. The first-order valence-corrected chi connectivity index (χ1v) is 9.73. The summed E-state index contributed by atoms with van der Waals surface area (Å²) in [6.07, 6.45) is 0.158. The van der Waals surface area contributed by atoms with Gasteiger partial charge in [0.25, 0.3) is 5.22 Å². The molecule has 0 fully saturated rings. The second kappa shape index (κ2) is 9.70. The van der Waals surface area contributed by atoms with E-state index in [1.54, 1.807) is 0 Å². The van der Waals surface area contributed by atoms with Gasteiger partial charge in [0.05, 0.1) is 0 Å². The summed E-state index contributed by atoms with van der Waals surface area (Å²) in [5.74, 6) is 0.497. The van der Waals surface area contributed by atoms with Crippen LogP contribution >= 0.6 is 11.8 Å². The van der Waals surface area contributed by atoms with E-state index < -0.39 is 6.03 Å². The van der Waals surface area contributed by atoms with Crippen LogP contribution in [0.4, 0.5) is 4.79 Å². The number of hydrogen-bond donors (Lipinski definition) is 2. The Labute approximate surface area is 166 Å². The molecule has 8 heteroatoms. The number of nitrogens with one attached hydrogen (secondary N) is 2. The molecule has 0 unspecified atom stereocenters. The highest BCUT2D eigenvalue weighted by Gasteiger charge is 2.11. The van der Waals surface area contributed by atoms with Crippen molar-refractivity contribution < 1.29 is 14.0 Å². The van der Waals surface area contributed by atoms with Crippen molar-refractivity contribution in [1.29, 1.82) is 0 Å². The highest BCUT2D eigenvalue weighted by Crippen LogP contribution is 2.23. The average Bonchev–Trinajstić information content (AvgIpc) is 3.16. The number of carbonyl (C=O) groups excluding carboxylic acids is 2. The fraction of sp³-hybridized carbons (Fsp3) is 0.200. The lowest BCUT2D eigenvalue weighted by Crippen LogP contribution is -2.39. The predicted octanol–water partition coefficient (Wildman–Crippen LogP) is 3.55. The van der Waals surface area contributed by atoms with Crippen molar-refractivity contribution in [2.24, 2.45) is 0 Å². The van der Waals surface area contributed by atoms with Crippen LogP contribution in [-0.4, -0.2) is 27.9 Å². The fourth-order valence-corrected chi connectivity index (χ4v) is 3.02. The number of benzene rings is 2. The molecule has 3 aromatic rings. The number of hydrogen-bond acceptors (Lipinski definition) is 6. The van der Waals surface area contributed by atoms with Gasteiger partial charge in [0.1, 0.15) is 0 Å². The maximum Gasteiger partial charge on any atom is 0.321 e. The number of thioether (sulfide) groups is 1. The molecule has 3 amide bonds. The molecular weight excluding hydrogens is 376 g/mol. The summed E-state index contributed by atoms with van der Waals surface area (Å²) in [4.78, 5) is 23.6. The highest BCUT2D eigenvalue weighted by molar-refractivity contribution is 7.99. The topological polar surface area (TPSA) is 97.1 Å². The molecule has 0 radical (unpaired) electrons. The van der Waals surface area contributed by atoms with E-state index in [1.165, 1.54) is 11.8 Å². The van der Waals surface area contributed by atoms with E-state index in [0.717, 1.165) is 16.7 Å². The maximum absolute atomic E-state index is 11.9. The Kier molecular flexibility index (Phi) is 6.80. The third-order valence-electron chi connectivity index (χ3n) is 3.81. The Morgan fingerprint density at radius 1 is 1.04 bits per heavy atom. The molecule has 0 aliphatic carbocycles. The average molecular weight is 396 g/mol. The lowest BCUT2D eigenvalue weighted by Gasteiger charge is -2.06. The second-order valence-corrected chi connectivity index (χ2v) is 7.10. The monoisotopic (exact) mass is 396 g/mol. The molecule has 0 saturated carbocycles. The summed E-state index contributed by atoms with van der Waals surface area (Å²) in [7, 11) is 0. The fourth-order valence-electron chi connectivity index (χ4n) is 2.32. The van der Waals surface area contributed by atoms with Crippen LogP contribution in [0.2, 0.25) is 0 Å². The summed E-state index contributed by atoms with van der Waals surface area (Å²) < 4.78 is 5.59. The zero-order valence-corrected chi connectivity index (χ0v) is 16.2. The van der Waals surface area contributed by atoms with Crippen LogP contribution in [0.5, 0.6) is 0 Å². The third-order valence-corrected chi connectivity index (χ3v) is 4.63. The van der Waals surface area contributed by atoms with Gasteiger partial charge in [-0.05, 0) is 24.6 Å². The number of nitrogens with zero attached hydrogens (tertiary/aromatic N) is 2. The number of imide groups is 1. The van der Waals surface area contributed by atoms with Crippen molar-refractivity contribution in [3.8, 4) is 11.5 Å². The molecule has 2 aromatic carbocycles. The normalized spacial score (nSPS) is 10.5. The zero-order valence-electron chi connectivity index (χ0n) is 15.3. The van der Waals surface area contributed by atoms with E-state index in [2.05, 4.69) is 20.8 Å². The van der Waals surface area contributed by atoms with Gasteiger partial charge in [-0.15, -0.1) is 10.2 Å². The summed E-state index contributed by atoms with van der Waals surface area (Å²) in [6, 6.07) is 16.7. The first kappa shape index (κ1) is 19.6. The Morgan fingerprint density at radius 3 is 2.54 bits per heavy atom. The van der Waals surface area contributed by atoms with E-state index in [-0.39, 0.29) is 12.3 Å². The molecule has 7 nitrogen and oxygen atoms in total. The predicted molar refractivity (Wildman–Crippen MR) is 107 cm³/mol. The molecule has 1 aromatic heterocycles. The first-order valence-electron chi connectivity index (χ1n) is 8.75. The van der Waals surface area contributed by atoms with Gasteiger partial charge in [-0.1, -0.05) is 59.8 Å². The molecule has 2 N–H and O–H groups in total. The maximum atomic E-state index is 11.9. The lowest BCUT2D eigenvalue weighted by molar-refractivity contribution is -0.119. The molecule has 144 valence electrons. The van der Waals surface area contributed by atoms with E-state index in [4.69, 9.17) is 4.42 Å². The van der Waals surface area contributed by atoms with E-state index >= 15 is 0 Å². The van der Waals surface area contributed by atoms with Crippen LogP contribution in [0.15, 0.2) is 64.2 Å². The lowest BCUT2D eigenvalue weighted by atomic mass is 10.1. The largest absolute Gasteiger partial charge is 0.411 e. The van der Waals surface area contributed by atoms with Crippen molar-refractivity contribution in [3.05, 3.63) is 65.7 Å².